The van der Waals surface area contributed by atoms with Gasteiger partial charge in [-0.15, -0.1) is 0 Å². The Kier molecular flexibility index (Phi) is 4.90. The van der Waals surface area contributed by atoms with Gasteiger partial charge in [-0.05, 0) is 23.6 Å². The Bertz CT molecular complexity index is 581. The molecule has 0 aromatic carbocycles. The van der Waals surface area contributed by atoms with Gasteiger partial charge in [0.15, 0.2) is 0 Å². The lowest BCUT2D eigenvalue weighted by atomic mass is 10.1. The normalized spacial score (nSPS) is 9.94. The molecule has 0 spiro atoms. The summed E-state index contributed by atoms with van der Waals surface area (Å²) in [6.45, 7) is 5.90. The average Bonchev–Trinajstić information content (AvgIpc) is 2.29. The van der Waals surface area contributed by atoms with E-state index in [1.165, 1.54) is 6.07 Å². The number of aromatic nitrogens is 2. The summed E-state index contributed by atoms with van der Waals surface area (Å²) >= 11 is 11.5. The maximum Gasteiger partial charge on any atom is 0.337 e. The van der Waals surface area contributed by atoms with Gasteiger partial charge in [-0.1, -0.05) is 32.4 Å². The predicted octanol–water partition coefficient (Wildman–Crippen LogP) is 3.48. The second-order valence-corrected chi connectivity index (χ2v) is 3.60. The Hall–Kier alpha value is -1.13. The van der Waals surface area contributed by atoms with Crippen LogP contribution in [0.2, 0.25) is 10.4 Å². The van der Waals surface area contributed by atoms with Crippen LogP contribution in [0.5, 0.6) is 0 Å². The molecular weight excluding hydrogens is 263 g/mol. The molecule has 2 aromatic rings. The molecule has 0 saturated heterocycles. The van der Waals surface area contributed by atoms with Gasteiger partial charge in [-0.2, -0.15) is 4.98 Å². The summed E-state index contributed by atoms with van der Waals surface area (Å²) in [5.41, 5.74) is 0.414. The number of fused-ring (bicyclic) bond motifs is 1. The SMILES string of the molecule is CC.CCc1cc(=O)oc2nc(Cl)nc(Cl)c12. The van der Waals surface area contributed by atoms with Gasteiger partial charge in [0.1, 0.15) is 5.15 Å². The van der Waals surface area contributed by atoms with Crippen LogP contribution in [0.15, 0.2) is 15.3 Å². The third-order valence-electron chi connectivity index (χ3n) is 2.00. The molecule has 0 saturated carbocycles. The molecule has 92 valence electrons. The van der Waals surface area contributed by atoms with Crippen LogP contribution in [-0.4, -0.2) is 9.97 Å². The molecule has 6 heteroatoms. The highest BCUT2D eigenvalue weighted by Crippen LogP contribution is 2.24. The fourth-order valence-electron chi connectivity index (χ4n) is 1.35. The summed E-state index contributed by atoms with van der Waals surface area (Å²) in [5.74, 6) is 0. The Labute approximate surface area is 109 Å². The van der Waals surface area contributed by atoms with Crippen molar-refractivity contribution in [2.75, 3.05) is 0 Å². The highest BCUT2D eigenvalue weighted by atomic mass is 35.5. The first-order valence-corrected chi connectivity index (χ1v) is 6.03. The van der Waals surface area contributed by atoms with E-state index in [0.717, 1.165) is 5.56 Å². The van der Waals surface area contributed by atoms with Gasteiger partial charge >= 0.3 is 5.63 Å². The van der Waals surface area contributed by atoms with Crippen LogP contribution in [0.25, 0.3) is 11.1 Å². The first-order chi connectivity index (χ1) is 8.11. The number of nitrogens with zero attached hydrogens (tertiary/aromatic N) is 2. The largest absolute Gasteiger partial charge is 0.403 e. The van der Waals surface area contributed by atoms with Gasteiger partial charge in [0.2, 0.25) is 11.0 Å². The molecule has 0 fully saturated rings. The van der Waals surface area contributed by atoms with E-state index in [9.17, 15) is 4.79 Å². The zero-order valence-electron chi connectivity index (χ0n) is 9.75. The van der Waals surface area contributed by atoms with Crippen molar-refractivity contribution in [3.05, 3.63) is 32.5 Å². The zero-order valence-corrected chi connectivity index (χ0v) is 11.3. The predicted molar refractivity (Wildman–Crippen MR) is 68.8 cm³/mol. The van der Waals surface area contributed by atoms with E-state index in [-0.39, 0.29) is 16.2 Å². The molecule has 2 rings (SSSR count). The molecule has 17 heavy (non-hydrogen) atoms. The van der Waals surface area contributed by atoms with E-state index < -0.39 is 5.63 Å². The number of aryl methyl sites for hydroxylation is 1. The summed E-state index contributed by atoms with van der Waals surface area (Å²) in [6.07, 6.45) is 0.646. The lowest BCUT2D eigenvalue weighted by Gasteiger charge is -2.03. The molecule has 2 aromatic heterocycles. The van der Waals surface area contributed by atoms with Crippen LogP contribution in [-0.2, 0) is 6.42 Å². The fraction of sp³-hybridized carbons (Fsp3) is 0.364. The van der Waals surface area contributed by atoms with E-state index in [4.69, 9.17) is 27.6 Å². The van der Waals surface area contributed by atoms with Crippen LogP contribution < -0.4 is 5.63 Å². The van der Waals surface area contributed by atoms with E-state index >= 15 is 0 Å². The molecule has 0 aliphatic carbocycles. The van der Waals surface area contributed by atoms with Crippen molar-refractivity contribution in [1.29, 1.82) is 0 Å². The summed E-state index contributed by atoms with van der Waals surface area (Å²) in [4.78, 5) is 18.8. The molecule has 0 bridgehead atoms. The van der Waals surface area contributed by atoms with E-state index in [1.54, 1.807) is 0 Å². The molecule has 4 nitrogen and oxygen atoms in total. The molecular formula is C11H12Cl2N2O2. The lowest BCUT2D eigenvalue weighted by Crippen LogP contribution is -2.02. The van der Waals surface area contributed by atoms with E-state index in [0.29, 0.717) is 11.8 Å². The van der Waals surface area contributed by atoms with Crippen molar-refractivity contribution < 1.29 is 4.42 Å². The van der Waals surface area contributed by atoms with Crippen LogP contribution in [0, 0.1) is 0 Å². The molecule has 0 N–H and O–H groups in total. The monoisotopic (exact) mass is 274 g/mol. The van der Waals surface area contributed by atoms with Crippen LogP contribution in [0.1, 0.15) is 26.3 Å². The summed E-state index contributed by atoms with van der Waals surface area (Å²) in [5, 5.41) is 0.706. The third kappa shape index (κ3) is 2.96. The molecule has 0 radical (unpaired) electrons. The van der Waals surface area contributed by atoms with Crippen molar-refractivity contribution in [1.82, 2.24) is 9.97 Å². The zero-order chi connectivity index (χ0) is 13.0. The summed E-state index contributed by atoms with van der Waals surface area (Å²) in [6, 6.07) is 1.38. The Balaban J connectivity index is 0.000000686. The van der Waals surface area contributed by atoms with Gasteiger partial charge in [0.25, 0.3) is 0 Å². The topological polar surface area (TPSA) is 56.0 Å². The average molecular weight is 275 g/mol. The van der Waals surface area contributed by atoms with E-state index in [2.05, 4.69) is 9.97 Å². The number of hydrogen-bond acceptors (Lipinski definition) is 4. The van der Waals surface area contributed by atoms with Crippen molar-refractivity contribution in [2.45, 2.75) is 27.2 Å². The minimum absolute atomic E-state index is 0.0381. The maximum absolute atomic E-state index is 11.2. The first kappa shape index (κ1) is 13.9. The summed E-state index contributed by atoms with van der Waals surface area (Å²) in [7, 11) is 0. The minimum Gasteiger partial charge on any atom is -0.403 e. The van der Waals surface area contributed by atoms with Crippen LogP contribution in [0.4, 0.5) is 0 Å². The third-order valence-corrected chi connectivity index (χ3v) is 2.44. The number of halogens is 2. The van der Waals surface area contributed by atoms with Gasteiger partial charge < -0.3 is 4.42 Å². The second-order valence-electron chi connectivity index (χ2n) is 2.91. The Morgan fingerprint density at radius 2 is 1.94 bits per heavy atom. The highest BCUT2D eigenvalue weighted by molar-refractivity contribution is 6.35. The maximum atomic E-state index is 11.2. The molecule has 0 atom stereocenters. The van der Waals surface area contributed by atoms with Gasteiger partial charge in [-0.25, -0.2) is 9.78 Å². The van der Waals surface area contributed by atoms with Crippen LogP contribution >= 0.6 is 23.2 Å². The van der Waals surface area contributed by atoms with Gasteiger partial charge in [0, 0.05) is 6.07 Å². The fourth-order valence-corrected chi connectivity index (χ4v) is 1.84. The molecule has 0 aliphatic rings. The quantitative estimate of drug-likeness (QED) is 0.590. The Morgan fingerprint density at radius 3 is 2.53 bits per heavy atom. The molecule has 0 aliphatic heterocycles. The van der Waals surface area contributed by atoms with Crippen molar-refractivity contribution in [3.63, 3.8) is 0 Å². The van der Waals surface area contributed by atoms with Crippen LogP contribution in [0.3, 0.4) is 0 Å². The van der Waals surface area contributed by atoms with Crippen molar-refractivity contribution in [2.24, 2.45) is 0 Å². The Morgan fingerprint density at radius 1 is 1.29 bits per heavy atom. The second kappa shape index (κ2) is 5.98. The minimum atomic E-state index is -0.467. The molecule has 0 amide bonds. The van der Waals surface area contributed by atoms with Gasteiger partial charge in [-0.3, -0.25) is 0 Å². The van der Waals surface area contributed by atoms with Crippen molar-refractivity contribution >= 4 is 34.3 Å². The summed E-state index contributed by atoms with van der Waals surface area (Å²) < 4.78 is 4.89. The number of hydrogen-bond donors (Lipinski definition) is 0. The van der Waals surface area contributed by atoms with E-state index in [1.807, 2.05) is 20.8 Å². The smallest absolute Gasteiger partial charge is 0.337 e. The van der Waals surface area contributed by atoms with Crippen molar-refractivity contribution in [3.8, 4) is 0 Å². The molecule has 0 unspecified atom stereocenters. The molecule has 2 heterocycles. The lowest BCUT2D eigenvalue weighted by molar-refractivity contribution is 0.547. The standard InChI is InChI=1S/C9H6Cl2N2O2.C2H6/c1-2-4-3-5(14)15-8-6(4)7(10)12-9(11)13-8;1-2/h3H,2H2,1H3;1-2H3. The number of rotatable bonds is 1. The first-order valence-electron chi connectivity index (χ1n) is 5.27. The highest BCUT2D eigenvalue weighted by Gasteiger charge is 2.11. The van der Waals surface area contributed by atoms with Gasteiger partial charge in [0.05, 0.1) is 5.39 Å².